The Bertz CT molecular complexity index is 1210. The molecule has 0 N–H and O–H groups in total. The van der Waals surface area contributed by atoms with Crippen LogP contribution in [0.25, 0.3) is 0 Å². The van der Waals surface area contributed by atoms with Crippen LogP contribution < -0.4 is 5.56 Å². The van der Waals surface area contributed by atoms with E-state index in [2.05, 4.69) is 42.5 Å². The van der Waals surface area contributed by atoms with E-state index in [-0.39, 0.29) is 11.5 Å². The van der Waals surface area contributed by atoms with Gasteiger partial charge in [-0.2, -0.15) is 0 Å². The van der Waals surface area contributed by atoms with Crippen LogP contribution in [0.2, 0.25) is 0 Å². The zero-order valence-electron chi connectivity index (χ0n) is 19.9. The van der Waals surface area contributed by atoms with Crippen molar-refractivity contribution in [3.63, 3.8) is 0 Å². The van der Waals surface area contributed by atoms with Crippen LogP contribution in [0.5, 0.6) is 0 Å². The summed E-state index contributed by atoms with van der Waals surface area (Å²) in [7, 11) is 0. The van der Waals surface area contributed by atoms with E-state index in [0.717, 1.165) is 61.5 Å². The van der Waals surface area contributed by atoms with Crippen molar-refractivity contribution in [2.45, 2.75) is 48.7 Å². The standard InChI is InChI=1S/C28H31N3O2S2/c32-25(30-15-11-23(12-16-30)19-22-9-5-2-6-10-22)20-35-28-29-24-14-18-34-26(24)27(33)31(28)17-13-21-7-3-1-4-8-21/h1-10,23H,11-20H2. The number of hydrogen-bond acceptors (Lipinski definition) is 5. The van der Waals surface area contributed by atoms with Crippen molar-refractivity contribution in [1.29, 1.82) is 0 Å². The minimum atomic E-state index is 0.0464. The van der Waals surface area contributed by atoms with Crippen LogP contribution in [0, 0.1) is 5.92 Å². The van der Waals surface area contributed by atoms with E-state index >= 15 is 0 Å². The van der Waals surface area contributed by atoms with Crippen LogP contribution in [-0.2, 0) is 30.6 Å². The van der Waals surface area contributed by atoms with Crippen molar-refractivity contribution in [1.82, 2.24) is 14.5 Å². The number of piperidine rings is 1. The van der Waals surface area contributed by atoms with E-state index in [0.29, 0.717) is 23.4 Å². The van der Waals surface area contributed by atoms with Gasteiger partial charge in [-0.15, -0.1) is 11.8 Å². The van der Waals surface area contributed by atoms with Gasteiger partial charge in [-0.05, 0) is 42.7 Å². The number of aryl methyl sites for hydroxylation is 2. The van der Waals surface area contributed by atoms with Crippen molar-refractivity contribution in [2.75, 3.05) is 24.6 Å². The van der Waals surface area contributed by atoms with E-state index in [1.807, 2.05) is 23.1 Å². The second kappa shape index (κ2) is 11.5. The molecular weight excluding hydrogens is 474 g/mol. The number of likely N-dealkylation sites (tertiary alicyclic amines) is 1. The minimum absolute atomic E-state index is 0.0464. The summed E-state index contributed by atoms with van der Waals surface area (Å²) in [4.78, 5) is 33.9. The topological polar surface area (TPSA) is 55.2 Å². The molecule has 1 fully saturated rings. The Balaban J connectivity index is 1.21. The first-order chi connectivity index (χ1) is 17.2. The number of aromatic nitrogens is 2. The maximum absolute atomic E-state index is 13.2. The Morgan fingerprint density at radius 2 is 1.69 bits per heavy atom. The second-order valence-electron chi connectivity index (χ2n) is 9.26. The van der Waals surface area contributed by atoms with Gasteiger partial charge in [0.15, 0.2) is 5.16 Å². The first-order valence-corrected chi connectivity index (χ1v) is 14.4. The molecule has 0 bridgehead atoms. The molecule has 182 valence electrons. The largest absolute Gasteiger partial charge is 0.342 e. The Morgan fingerprint density at radius 1 is 1.00 bits per heavy atom. The van der Waals surface area contributed by atoms with Crippen LogP contribution in [0.4, 0.5) is 0 Å². The molecule has 2 aromatic carbocycles. The summed E-state index contributed by atoms with van der Waals surface area (Å²) in [6.45, 7) is 2.20. The summed E-state index contributed by atoms with van der Waals surface area (Å²) in [5, 5.41) is 0.680. The molecule has 0 atom stereocenters. The van der Waals surface area contributed by atoms with Crippen molar-refractivity contribution in [3.8, 4) is 0 Å². The van der Waals surface area contributed by atoms with Gasteiger partial charge in [0.2, 0.25) is 5.91 Å². The third kappa shape index (κ3) is 6.01. The fourth-order valence-corrected chi connectivity index (χ4v) is 6.86. The van der Waals surface area contributed by atoms with Crippen molar-refractivity contribution < 1.29 is 4.79 Å². The number of carbonyl (C=O) groups is 1. The first-order valence-electron chi connectivity index (χ1n) is 12.4. The van der Waals surface area contributed by atoms with Crippen molar-refractivity contribution >= 4 is 29.4 Å². The lowest BCUT2D eigenvalue weighted by molar-refractivity contribution is -0.129. The third-order valence-corrected chi connectivity index (χ3v) is 8.94. The molecule has 5 nitrogen and oxygen atoms in total. The van der Waals surface area contributed by atoms with E-state index < -0.39 is 0 Å². The highest BCUT2D eigenvalue weighted by atomic mass is 32.2. The van der Waals surface area contributed by atoms with Gasteiger partial charge in [-0.3, -0.25) is 14.2 Å². The highest BCUT2D eigenvalue weighted by Crippen LogP contribution is 2.29. The molecule has 3 aromatic rings. The molecule has 2 aliphatic heterocycles. The zero-order chi connectivity index (χ0) is 24.0. The second-order valence-corrected chi connectivity index (χ2v) is 11.3. The number of amides is 1. The maximum atomic E-state index is 13.2. The number of fused-ring (bicyclic) bond motifs is 1. The number of hydrogen-bond donors (Lipinski definition) is 0. The molecule has 0 aliphatic carbocycles. The molecule has 1 aromatic heterocycles. The van der Waals surface area contributed by atoms with Crippen LogP contribution >= 0.6 is 23.5 Å². The average molecular weight is 506 g/mol. The van der Waals surface area contributed by atoms with Crippen molar-refractivity contribution in [3.05, 3.63) is 87.8 Å². The van der Waals surface area contributed by atoms with E-state index in [4.69, 9.17) is 4.98 Å². The summed E-state index contributed by atoms with van der Waals surface area (Å²) < 4.78 is 1.79. The smallest absolute Gasteiger partial charge is 0.268 e. The lowest BCUT2D eigenvalue weighted by Gasteiger charge is -2.32. The van der Waals surface area contributed by atoms with E-state index in [1.165, 1.54) is 22.9 Å². The third-order valence-electron chi connectivity index (χ3n) is 6.87. The molecule has 1 saturated heterocycles. The fraction of sp³-hybridized carbons (Fsp3) is 0.393. The molecule has 35 heavy (non-hydrogen) atoms. The number of benzene rings is 2. The van der Waals surface area contributed by atoms with Crippen LogP contribution in [0.1, 0.15) is 29.7 Å². The molecule has 5 rings (SSSR count). The quantitative estimate of drug-likeness (QED) is 0.328. The Kier molecular flexibility index (Phi) is 7.94. The highest BCUT2D eigenvalue weighted by Gasteiger charge is 2.25. The summed E-state index contributed by atoms with van der Waals surface area (Å²) in [6.07, 6.45) is 4.76. The van der Waals surface area contributed by atoms with Crippen LogP contribution in [-0.4, -0.2) is 45.0 Å². The number of nitrogens with zero attached hydrogens (tertiary/aromatic N) is 3. The Morgan fingerprint density at radius 3 is 2.40 bits per heavy atom. The maximum Gasteiger partial charge on any atom is 0.268 e. The number of rotatable bonds is 8. The minimum Gasteiger partial charge on any atom is -0.342 e. The normalized spacial score (nSPS) is 15.8. The SMILES string of the molecule is O=C(CSc1nc2c(c(=O)n1CCc1ccccc1)SCC2)N1CCC(Cc2ccccc2)CC1. The molecule has 0 radical (unpaired) electrons. The van der Waals surface area contributed by atoms with Crippen molar-refractivity contribution in [2.24, 2.45) is 5.92 Å². The summed E-state index contributed by atoms with van der Waals surface area (Å²) in [6, 6.07) is 20.8. The van der Waals surface area contributed by atoms with Gasteiger partial charge in [-0.1, -0.05) is 72.4 Å². The lowest BCUT2D eigenvalue weighted by Crippen LogP contribution is -2.40. The molecule has 7 heteroatoms. The predicted molar refractivity (Wildman–Crippen MR) is 143 cm³/mol. The van der Waals surface area contributed by atoms with Crippen LogP contribution in [0.3, 0.4) is 0 Å². The van der Waals surface area contributed by atoms with Gasteiger partial charge >= 0.3 is 0 Å². The molecular formula is C28H31N3O2S2. The molecule has 3 heterocycles. The Labute approximate surface area is 215 Å². The zero-order valence-corrected chi connectivity index (χ0v) is 21.5. The Hall–Kier alpha value is -2.51. The van der Waals surface area contributed by atoms with Gasteiger partial charge in [0, 0.05) is 31.8 Å². The fourth-order valence-electron chi connectivity index (χ4n) is 4.87. The molecule has 0 saturated carbocycles. The summed E-state index contributed by atoms with van der Waals surface area (Å²) in [5.74, 6) is 2.01. The van der Waals surface area contributed by atoms with Gasteiger partial charge < -0.3 is 4.90 Å². The number of thioether (sulfide) groups is 2. The van der Waals surface area contributed by atoms with Crippen LogP contribution in [0.15, 0.2) is 75.5 Å². The molecule has 0 unspecified atom stereocenters. The van der Waals surface area contributed by atoms with E-state index in [9.17, 15) is 9.59 Å². The van der Waals surface area contributed by atoms with Gasteiger partial charge in [0.25, 0.3) is 5.56 Å². The number of carbonyl (C=O) groups excluding carboxylic acids is 1. The molecule has 1 amide bonds. The monoisotopic (exact) mass is 505 g/mol. The predicted octanol–water partition coefficient (Wildman–Crippen LogP) is 4.71. The first kappa shape index (κ1) is 24.2. The van der Waals surface area contributed by atoms with Gasteiger partial charge in [-0.25, -0.2) is 4.98 Å². The summed E-state index contributed by atoms with van der Waals surface area (Å²) >= 11 is 3.03. The van der Waals surface area contributed by atoms with E-state index in [1.54, 1.807) is 16.3 Å². The van der Waals surface area contributed by atoms with Gasteiger partial charge in [0.1, 0.15) is 0 Å². The molecule has 2 aliphatic rings. The average Bonchev–Trinajstić information content (AvgIpc) is 3.37. The van der Waals surface area contributed by atoms with Gasteiger partial charge in [0.05, 0.1) is 16.3 Å². The highest BCUT2D eigenvalue weighted by molar-refractivity contribution is 8.00. The molecule has 0 spiro atoms. The summed E-state index contributed by atoms with van der Waals surface area (Å²) in [5.41, 5.74) is 3.51. The lowest BCUT2D eigenvalue weighted by atomic mass is 9.90.